The number of nitrogens with zero attached hydrogens (tertiary/aromatic N) is 1. The number of hydrogen-bond donors (Lipinski definition) is 1. The molecule has 1 aliphatic heterocycles. The lowest BCUT2D eigenvalue weighted by molar-refractivity contribution is 0.197. The lowest BCUT2D eigenvalue weighted by atomic mass is 9.90. The summed E-state index contributed by atoms with van der Waals surface area (Å²) in [4.78, 5) is 0.0518. The molecular weight excluding hydrogens is 291 g/mol. The van der Waals surface area contributed by atoms with Gasteiger partial charge in [0.2, 0.25) is 10.0 Å². The first-order chi connectivity index (χ1) is 9.90. The van der Waals surface area contributed by atoms with Crippen LogP contribution in [-0.2, 0) is 10.0 Å². The largest absolute Gasteiger partial charge is 0.329 e. The van der Waals surface area contributed by atoms with Crippen LogP contribution < -0.4 is 5.73 Å². The third-order valence-electron chi connectivity index (χ3n) is 4.36. The molecule has 1 aliphatic rings. The van der Waals surface area contributed by atoms with E-state index in [4.69, 9.17) is 5.73 Å². The van der Waals surface area contributed by atoms with Crippen molar-refractivity contribution in [2.75, 3.05) is 13.1 Å². The Hall–Kier alpha value is -0.980. The molecule has 2 N–H and O–H groups in total. The van der Waals surface area contributed by atoms with Crippen molar-refractivity contribution in [3.05, 3.63) is 29.6 Å². The topological polar surface area (TPSA) is 63.4 Å². The van der Waals surface area contributed by atoms with Gasteiger partial charge < -0.3 is 5.73 Å². The monoisotopic (exact) mass is 314 g/mol. The fraction of sp³-hybridized carbons (Fsp3) is 0.600. The molecule has 0 radical (unpaired) electrons. The van der Waals surface area contributed by atoms with Gasteiger partial charge in [-0.25, -0.2) is 12.8 Å². The zero-order valence-corrected chi connectivity index (χ0v) is 13.4. The number of aryl methyl sites for hydroxylation is 1. The van der Waals surface area contributed by atoms with Gasteiger partial charge in [-0.3, -0.25) is 0 Å². The Bertz CT molecular complexity index is 604. The average molecular weight is 314 g/mol. The number of halogens is 1. The summed E-state index contributed by atoms with van der Waals surface area (Å²) >= 11 is 0. The van der Waals surface area contributed by atoms with Crippen molar-refractivity contribution in [2.24, 2.45) is 11.7 Å². The molecule has 2 rings (SSSR count). The van der Waals surface area contributed by atoms with E-state index in [0.717, 1.165) is 25.3 Å². The van der Waals surface area contributed by atoms with E-state index >= 15 is 0 Å². The standard InChI is InChI=1S/C15H23FN2O2S/c1-3-12-6-7-18(14(8-12)10-17)21(19,20)15-9-13(16)5-4-11(15)2/h4-5,9,12,14H,3,6-8,10,17H2,1-2H3. The van der Waals surface area contributed by atoms with Gasteiger partial charge in [0, 0.05) is 19.1 Å². The number of nitrogens with two attached hydrogens (primary N) is 1. The fourth-order valence-corrected chi connectivity index (χ4v) is 4.89. The molecule has 1 saturated heterocycles. The van der Waals surface area contributed by atoms with Crippen LogP contribution in [-0.4, -0.2) is 31.9 Å². The van der Waals surface area contributed by atoms with Crippen LogP contribution in [0.5, 0.6) is 0 Å². The van der Waals surface area contributed by atoms with Crippen LogP contribution in [0.25, 0.3) is 0 Å². The van der Waals surface area contributed by atoms with Crippen LogP contribution in [0.1, 0.15) is 31.7 Å². The van der Waals surface area contributed by atoms with Crippen molar-refractivity contribution in [1.82, 2.24) is 4.31 Å². The second-order valence-electron chi connectivity index (χ2n) is 5.71. The predicted octanol–water partition coefficient (Wildman–Crippen LogP) is 2.27. The van der Waals surface area contributed by atoms with Gasteiger partial charge >= 0.3 is 0 Å². The minimum atomic E-state index is -3.69. The number of rotatable bonds is 4. The van der Waals surface area contributed by atoms with Crippen molar-refractivity contribution in [1.29, 1.82) is 0 Å². The van der Waals surface area contributed by atoms with Gasteiger partial charge in [-0.1, -0.05) is 19.4 Å². The van der Waals surface area contributed by atoms with E-state index in [1.54, 1.807) is 6.92 Å². The minimum absolute atomic E-state index is 0.0518. The summed E-state index contributed by atoms with van der Waals surface area (Å²) < 4.78 is 40.5. The van der Waals surface area contributed by atoms with Gasteiger partial charge in [-0.2, -0.15) is 4.31 Å². The fourth-order valence-electron chi connectivity index (χ4n) is 2.99. The number of sulfonamides is 1. The third-order valence-corrected chi connectivity index (χ3v) is 6.45. The number of benzene rings is 1. The molecule has 2 atom stereocenters. The third kappa shape index (κ3) is 3.27. The van der Waals surface area contributed by atoms with E-state index in [-0.39, 0.29) is 10.9 Å². The molecule has 0 spiro atoms. The summed E-state index contributed by atoms with van der Waals surface area (Å²) in [6, 6.07) is 3.68. The lowest BCUT2D eigenvalue weighted by Gasteiger charge is -2.38. The zero-order chi connectivity index (χ0) is 15.6. The first-order valence-electron chi connectivity index (χ1n) is 7.38. The van der Waals surface area contributed by atoms with Crippen molar-refractivity contribution >= 4 is 10.0 Å². The summed E-state index contributed by atoms with van der Waals surface area (Å²) in [6.45, 7) is 4.55. The molecule has 2 unspecified atom stereocenters. The van der Waals surface area contributed by atoms with Crippen molar-refractivity contribution in [2.45, 2.75) is 44.0 Å². The van der Waals surface area contributed by atoms with Crippen LogP contribution in [0.15, 0.2) is 23.1 Å². The van der Waals surface area contributed by atoms with E-state index in [1.807, 2.05) is 0 Å². The smallest absolute Gasteiger partial charge is 0.243 e. The van der Waals surface area contributed by atoms with E-state index < -0.39 is 15.8 Å². The van der Waals surface area contributed by atoms with Gasteiger partial charge in [0.15, 0.2) is 0 Å². The van der Waals surface area contributed by atoms with E-state index in [2.05, 4.69) is 6.92 Å². The van der Waals surface area contributed by atoms with Gasteiger partial charge in [0.05, 0.1) is 4.90 Å². The highest BCUT2D eigenvalue weighted by Crippen LogP contribution is 2.31. The molecule has 0 aliphatic carbocycles. The molecule has 21 heavy (non-hydrogen) atoms. The normalized spacial score (nSPS) is 24.2. The quantitative estimate of drug-likeness (QED) is 0.927. The summed E-state index contributed by atoms with van der Waals surface area (Å²) in [5.41, 5.74) is 6.33. The van der Waals surface area contributed by atoms with Crippen molar-refractivity contribution in [3.63, 3.8) is 0 Å². The molecule has 118 valence electrons. The molecule has 1 heterocycles. The summed E-state index contributed by atoms with van der Waals surface area (Å²) in [5, 5.41) is 0. The van der Waals surface area contributed by atoms with E-state index in [9.17, 15) is 12.8 Å². The minimum Gasteiger partial charge on any atom is -0.329 e. The molecule has 0 aromatic heterocycles. The van der Waals surface area contributed by atoms with Crippen LogP contribution in [0.3, 0.4) is 0 Å². The van der Waals surface area contributed by atoms with Crippen molar-refractivity contribution < 1.29 is 12.8 Å². The van der Waals surface area contributed by atoms with Crippen LogP contribution in [0.4, 0.5) is 4.39 Å². The predicted molar refractivity (Wildman–Crippen MR) is 80.9 cm³/mol. The number of piperidine rings is 1. The van der Waals surface area contributed by atoms with Crippen molar-refractivity contribution in [3.8, 4) is 0 Å². The molecule has 0 amide bonds. The number of hydrogen-bond acceptors (Lipinski definition) is 3. The van der Waals surface area contributed by atoms with E-state index in [0.29, 0.717) is 24.6 Å². The second kappa shape index (κ2) is 6.42. The molecule has 4 nitrogen and oxygen atoms in total. The highest BCUT2D eigenvalue weighted by atomic mass is 32.2. The summed E-state index contributed by atoms with van der Waals surface area (Å²) in [7, 11) is -3.69. The maximum absolute atomic E-state index is 13.4. The summed E-state index contributed by atoms with van der Waals surface area (Å²) in [5.74, 6) is -0.0227. The first kappa shape index (κ1) is 16.4. The Labute approximate surface area is 126 Å². The average Bonchev–Trinajstić information content (AvgIpc) is 2.48. The molecule has 1 aromatic carbocycles. The Morgan fingerprint density at radius 3 is 2.76 bits per heavy atom. The molecule has 0 bridgehead atoms. The van der Waals surface area contributed by atoms with Crippen LogP contribution in [0, 0.1) is 18.7 Å². The van der Waals surface area contributed by atoms with Gasteiger partial charge in [-0.15, -0.1) is 0 Å². The van der Waals surface area contributed by atoms with Gasteiger partial charge in [0.1, 0.15) is 5.82 Å². The Morgan fingerprint density at radius 1 is 1.43 bits per heavy atom. The zero-order valence-electron chi connectivity index (χ0n) is 12.5. The molecule has 0 saturated carbocycles. The lowest BCUT2D eigenvalue weighted by Crippen LogP contribution is -2.49. The highest BCUT2D eigenvalue weighted by molar-refractivity contribution is 7.89. The van der Waals surface area contributed by atoms with Crippen LogP contribution in [0.2, 0.25) is 0 Å². The highest BCUT2D eigenvalue weighted by Gasteiger charge is 2.36. The Morgan fingerprint density at radius 2 is 2.14 bits per heavy atom. The van der Waals surface area contributed by atoms with Gasteiger partial charge in [-0.05, 0) is 43.4 Å². The maximum atomic E-state index is 13.4. The van der Waals surface area contributed by atoms with Gasteiger partial charge in [0.25, 0.3) is 0 Å². The molecule has 1 fully saturated rings. The maximum Gasteiger partial charge on any atom is 0.243 e. The molecular formula is C15H23FN2O2S. The first-order valence-corrected chi connectivity index (χ1v) is 8.82. The molecule has 6 heteroatoms. The Kier molecular flexibility index (Phi) is 5.01. The second-order valence-corrected chi connectivity index (χ2v) is 7.57. The van der Waals surface area contributed by atoms with E-state index in [1.165, 1.54) is 16.4 Å². The summed E-state index contributed by atoms with van der Waals surface area (Å²) in [6.07, 6.45) is 2.64. The molecule has 1 aromatic rings. The SMILES string of the molecule is CCC1CCN(S(=O)(=O)c2cc(F)ccc2C)C(CN)C1. The Balaban J connectivity index is 2.36. The van der Waals surface area contributed by atoms with Crippen LogP contribution >= 0.6 is 0 Å².